The lowest BCUT2D eigenvalue weighted by molar-refractivity contribution is 0.737. The summed E-state index contributed by atoms with van der Waals surface area (Å²) in [6, 6.07) is 4.16. The van der Waals surface area contributed by atoms with E-state index in [9.17, 15) is 0 Å². The highest BCUT2D eigenvalue weighted by atomic mass is 32.1. The van der Waals surface area contributed by atoms with E-state index in [4.69, 9.17) is 0 Å². The molecule has 0 unspecified atom stereocenters. The Labute approximate surface area is 80.6 Å². The molecule has 1 aromatic rings. The topological polar surface area (TPSA) is 0 Å². The van der Waals surface area contributed by atoms with Gasteiger partial charge < -0.3 is 0 Å². The summed E-state index contributed by atoms with van der Waals surface area (Å²) in [4.78, 5) is 1.38. The summed E-state index contributed by atoms with van der Waals surface area (Å²) < 4.78 is 0. The zero-order valence-corrected chi connectivity index (χ0v) is 9.19. The Morgan fingerprint density at radius 3 is 1.75 bits per heavy atom. The monoisotopic (exact) mass is 182 g/mol. The summed E-state index contributed by atoms with van der Waals surface area (Å²) in [6.07, 6.45) is 8.00. The molecule has 1 rings (SSSR count). The van der Waals surface area contributed by atoms with Gasteiger partial charge in [0.2, 0.25) is 0 Å². The Bertz CT molecular complexity index is 167. The van der Waals surface area contributed by atoms with E-state index in [0.717, 1.165) is 5.92 Å². The van der Waals surface area contributed by atoms with Crippen LogP contribution in [0.4, 0.5) is 0 Å². The van der Waals surface area contributed by atoms with Gasteiger partial charge in [-0.1, -0.05) is 26.8 Å². The van der Waals surface area contributed by atoms with E-state index in [-0.39, 0.29) is 0 Å². The fraction of sp³-hybridized carbons (Fsp3) is 0.455. The molecule has 0 aliphatic rings. The van der Waals surface area contributed by atoms with Crippen molar-refractivity contribution in [1.29, 1.82) is 0 Å². The van der Waals surface area contributed by atoms with E-state index >= 15 is 0 Å². The molecule has 0 bridgehead atoms. The molecule has 1 heterocycles. The minimum atomic E-state index is 0.833. The first kappa shape index (κ1) is 13.8. The number of rotatable bonds is 0. The second-order valence-corrected chi connectivity index (χ2v) is 4.11. The Morgan fingerprint density at radius 2 is 1.67 bits per heavy atom. The minimum Gasteiger partial charge on any atom is -0.149 e. The maximum Gasteiger partial charge on any atom is 0.00141 e. The lowest BCUT2D eigenvalue weighted by atomic mass is 10.3. The van der Waals surface area contributed by atoms with Crippen LogP contribution in [0.15, 0.2) is 17.5 Å². The highest BCUT2D eigenvalue weighted by molar-refractivity contribution is 7.09. The summed E-state index contributed by atoms with van der Waals surface area (Å²) >= 11 is 1.78. The number of hydrogen-bond donors (Lipinski definition) is 0. The summed E-state index contributed by atoms with van der Waals surface area (Å²) in [7, 11) is 0. The average molecular weight is 182 g/mol. The smallest absolute Gasteiger partial charge is 0.00141 e. The van der Waals surface area contributed by atoms with Gasteiger partial charge in [-0.2, -0.15) is 0 Å². The highest BCUT2D eigenvalue weighted by Gasteiger charge is 1.74. The van der Waals surface area contributed by atoms with E-state index in [2.05, 4.69) is 58.1 Å². The van der Waals surface area contributed by atoms with Crippen LogP contribution in [0.3, 0.4) is 0 Å². The molecule has 0 atom stereocenters. The standard InChI is InChI=1S/C5H6S.C4H10.C2H2/c1-5-3-2-4-6-5;1-4(2)3;1-2/h2-4H,1H3;4H,1-3H3;1-2H. The van der Waals surface area contributed by atoms with E-state index in [1.807, 2.05) is 0 Å². The Hall–Kier alpha value is -0.740. The summed E-state index contributed by atoms with van der Waals surface area (Å²) in [5.74, 6) is 0.833. The van der Waals surface area contributed by atoms with Crippen LogP contribution in [0, 0.1) is 25.7 Å². The van der Waals surface area contributed by atoms with Crippen LogP contribution < -0.4 is 0 Å². The molecular formula is C11H18S. The van der Waals surface area contributed by atoms with E-state index in [1.165, 1.54) is 4.88 Å². The molecule has 0 aromatic carbocycles. The SMILES string of the molecule is C#C.CC(C)C.Cc1cccs1. The molecule has 0 aliphatic carbocycles. The number of aryl methyl sites for hydroxylation is 1. The molecule has 1 heteroatoms. The fourth-order valence-corrected chi connectivity index (χ4v) is 0.890. The zero-order valence-electron chi connectivity index (χ0n) is 8.37. The van der Waals surface area contributed by atoms with Gasteiger partial charge in [0.25, 0.3) is 0 Å². The van der Waals surface area contributed by atoms with Gasteiger partial charge in [-0.3, -0.25) is 0 Å². The van der Waals surface area contributed by atoms with Crippen molar-refractivity contribution < 1.29 is 0 Å². The molecule has 1 aromatic heterocycles. The maximum atomic E-state index is 4.00. The molecule has 0 saturated heterocycles. The summed E-state index contributed by atoms with van der Waals surface area (Å²) in [6.45, 7) is 8.60. The molecule has 0 nitrogen and oxygen atoms in total. The molecule has 0 radical (unpaired) electrons. The van der Waals surface area contributed by atoms with Crippen LogP contribution in [0.5, 0.6) is 0 Å². The van der Waals surface area contributed by atoms with Crippen molar-refractivity contribution in [3.8, 4) is 12.8 Å². The predicted molar refractivity (Wildman–Crippen MR) is 59.5 cm³/mol. The molecule has 0 spiro atoms. The highest BCUT2D eigenvalue weighted by Crippen LogP contribution is 2.03. The van der Waals surface area contributed by atoms with Gasteiger partial charge in [0, 0.05) is 4.88 Å². The van der Waals surface area contributed by atoms with Gasteiger partial charge in [0.1, 0.15) is 0 Å². The largest absolute Gasteiger partial charge is 0.149 e. The second-order valence-electron chi connectivity index (χ2n) is 2.96. The first-order valence-corrected chi connectivity index (χ1v) is 4.84. The van der Waals surface area contributed by atoms with E-state index < -0.39 is 0 Å². The number of hydrogen-bond acceptors (Lipinski definition) is 1. The molecule has 68 valence electrons. The number of terminal acetylenes is 1. The first-order valence-electron chi connectivity index (χ1n) is 3.96. The van der Waals surface area contributed by atoms with Gasteiger partial charge in [-0.05, 0) is 24.3 Å². The molecule has 0 N–H and O–H groups in total. The Balaban J connectivity index is 0. The maximum absolute atomic E-state index is 4.00. The van der Waals surface area contributed by atoms with Crippen LogP contribution in [0.2, 0.25) is 0 Å². The molecule has 0 aliphatic heterocycles. The third kappa shape index (κ3) is 16.1. The lowest BCUT2D eigenvalue weighted by Crippen LogP contribution is -1.66. The van der Waals surface area contributed by atoms with Crippen LogP contribution in [0.25, 0.3) is 0 Å². The van der Waals surface area contributed by atoms with Crippen LogP contribution in [0.1, 0.15) is 25.6 Å². The third-order valence-electron chi connectivity index (χ3n) is 0.663. The van der Waals surface area contributed by atoms with Crippen molar-refractivity contribution in [3.05, 3.63) is 22.4 Å². The third-order valence-corrected chi connectivity index (χ3v) is 1.46. The van der Waals surface area contributed by atoms with Crippen LogP contribution >= 0.6 is 11.3 Å². The number of thiophene rings is 1. The molecule has 0 fully saturated rings. The van der Waals surface area contributed by atoms with Crippen LogP contribution in [-0.4, -0.2) is 0 Å². The molecule has 0 saturated carbocycles. The lowest BCUT2D eigenvalue weighted by Gasteiger charge is -1.79. The fourth-order valence-electron chi connectivity index (χ4n) is 0.361. The molecular weight excluding hydrogens is 164 g/mol. The normalized spacial score (nSPS) is 7.58. The van der Waals surface area contributed by atoms with Crippen molar-refractivity contribution in [1.82, 2.24) is 0 Å². The van der Waals surface area contributed by atoms with E-state index in [1.54, 1.807) is 11.3 Å². The van der Waals surface area contributed by atoms with Crippen molar-refractivity contribution in [2.24, 2.45) is 5.92 Å². The molecule has 0 amide bonds. The predicted octanol–water partition coefficient (Wildman–Crippen LogP) is 3.97. The molecule has 12 heavy (non-hydrogen) atoms. The van der Waals surface area contributed by atoms with Gasteiger partial charge in [-0.25, -0.2) is 0 Å². The van der Waals surface area contributed by atoms with Crippen molar-refractivity contribution in [2.75, 3.05) is 0 Å². The quantitative estimate of drug-likeness (QED) is 0.533. The first-order chi connectivity index (χ1) is 5.63. The second kappa shape index (κ2) is 10.3. The van der Waals surface area contributed by atoms with Crippen LogP contribution in [-0.2, 0) is 0 Å². The summed E-state index contributed by atoms with van der Waals surface area (Å²) in [5.41, 5.74) is 0. The van der Waals surface area contributed by atoms with Gasteiger partial charge in [-0.15, -0.1) is 24.2 Å². The Morgan fingerprint density at radius 1 is 1.25 bits per heavy atom. The average Bonchev–Trinajstić information content (AvgIpc) is 2.43. The van der Waals surface area contributed by atoms with Gasteiger partial charge >= 0.3 is 0 Å². The minimum absolute atomic E-state index is 0.833. The zero-order chi connectivity index (χ0) is 9.98. The summed E-state index contributed by atoms with van der Waals surface area (Å²) in [5, 5.41) is 2.08. The van der Waals surface area contributed by atoms with Crippen molar-refractivity contribution >= 4 is 11.3 Å². The van der Waals surface area contributed by atoms with Crippen molar-refractivity contribution in [2.45, 2.75) is 27.7 Å². The Kier molecular flexibility index (Phi) is 11.8. The van der Waals surface area contributed by atoms with Gasteiger partial charge in [0.15, 0.2) is 0 Å². The van der Waals surface area contributed by atoms with Crippen molar-refractivity contribution in [3.63, 3.8) is 0 Å². The van der Waals surface area contributed by atoms with Gasteiger partial charge in [0.05, 0.1) is 0 Å². The van der Waals surface area contributed by atoms with E-state index in [0.29, 0.717) is 0 Å².